The van der Waals surface area contributed by atoms with Crippen LogP contribution in [0, 0.1) is 10.8 Å². The molecule has 1 rings (SSSR count). The average molecular weight is 262 g/mol. The zero-order valence-electron chi connectivity index (χ0n) is 12.5. The van der Waals surface area contributed by atoms with E-state index in [4.69, 9.17) is 0 Å². The molecule has 0 radical (unpaired) electrons. The molecule has 19 heavy (non-hydrogen) atoms. The number of carbonyl (C=O) groups is 2. The van der Waals surface area contributed by atoms with E-state index in [1.165, 1.54) is 0 Å². The first-order chi connectivity index (χ1) is 8.53. The van der Waals surface area contributed by atoms with Crippen LogP contribution in [0.4, 0.5) is 5.82 Å². The van der Waals surface area contributed by atoms with E-state index in [9.17, 15) is 9.59 Å². The minimum atomic E-state index is -0.528. The summed E-state index contributed by atoms with van der Waals surface area (Å²) in [4.78, 5) is 28.4. The maximum absolute atomic E-state index is 12.3. The van der Waals surface area contributed by atoms with E-state index in [-0.39, 0.29) is 11.7 Å². The smallest absolute Gasteiger partial charge is 0.230 e. The first-order valence-corrected chi connectivity index (χ1v) is 6.35. The fourth-order valence-corrected chi connectivity index (χ4v) is 1.39. The van der Waals surface area contributed by atoms with Crippen LogP contribution in [0.1, 0.15) is 51.9 Å². The summed E-state index contributed by atoms with van der Waals surface area (Å²) < 4.78 is 0. The molecule has 0 unspecified atom stereocenters. The molecule has 4 nitrogen and oxygen atoms in total. The number of anilines is 1. The van der Waals surface area contributed by atoms with Gasteiger partial charge in [-0.05, 0) is 12.1 Å². The van der Waals surface area contributed by atoms with Crippen molar-refractivity contribution in [1.82, 2.24) is 4.98 Å². The van der Waals surface area contributed by atoms with E-state index >= 15 is 0 Å². The van der Waals surface area contributed by atoms with Crippen LogP contribution in [0.15, 0.2) is 18.3 Å². The molecule has 1 aromatic rings. The van der Waals surface area contributed by atoms with Gasteiger partial charge in [-0.25, -0.2) is 4.98 Å². The second-order valence-corrected chi connectivity index (χ2v) is 6.68. The lowest BCUT2D eigenvalue weighted by atomic mass is 9.86. The first-order valence-electron chi connectivity index (χ1n) is 6.35. The van der Waals surface area contributed by atoms with Crippen LogP contribution in [-0.4, -0.2) is 16.7 Å². The summed E-state index contributed by atoms with van der Waals surface area (Å²) in [5, 5.41) is 2.73. The molecule has 0 saturated heterocycles. The van der Waals surface area contributed by atoms with Gasteiger partial charge in [0, 0.05) is 17.0 Å². The summed E-state index contributed by atoms with van der Waals surface area (Å²) >= 11 is 0. The van der Waals surface area contributed by atoms with Gasteiger partial charge >= 0.3 is 0 Å². The number of nitrogens with zero attached hydrogens (tertiary/aromatic N) is 1. The van der Waals surface area contributed by atoms with E-state index in [0.29, 0.717) is 11.4 Å². The number of pyridine rings is 1. The van der Waals surface area contributed by atoms with Crippen molar-refractivity contribution in [1.29, 1.82) is 0 Å². The number of nitrogens with one attached hydrogen (secondary N) is 1. The molecule has 1 N–H and O–H groups in total. The highest BCUT2D eigenvalue weighted by Crippen LogP contribution is 2.25. The zero-order chi connectivity index (χ0) is 14.8. The standard InChI is InChI=1S/C15H22N2O2/c1-14(2,3)11(18)10-8-7-9-16-12(10)17-13(19)15(4,5)6/h7-9H,1-6H3,(H,16,17,19). The van der Waals surface area contributed by atoms with Gasteiger partial charge in [0.15, 0.2) is 5.78 Å². The fourth-order valence-electron chi connectivity index (χ4n) is 1.39. The molecular weight excluding hydrogens is 240 g/mol. The Morgan fingerprint density at radius 3 is 2.11 bits per heavy atom. The zero-order valence-corrected chi connectivity index (χ0v) is 12.5. The Labute approximate surface area is 114 Å². The molecule has 0 aliphatic carbocycles. The third-order valence-electron chi connectivity index (χ3n) is 2.65. The number of hydrogen-bond acceptors (Lipinski definition) is 3. The van der Waals surface area contributed by atoms with Crippen LogP contribution in [-0.2, 0) is 4.79 Å². The van der Waals surface area contributed by atoms with E-state index in [0.717, 1.165) is 0 Å². The number of rotatable bonds is 2. The predicted molar refractivity (Wildman–Crippen MR) is 76.1 cm³/mol. The van der Waals surface area contributed by atoms with Gasteiger partial charge in [0.2, 0.25) is 5.91 Å². The number of aromatic nitrogens is 1. The van der Waals surface area contributed by atoms with E-state index in [1.807, 2.05) is 41.5 Å². The Morgan fingerprint density at radius 1 is 1.05 bits per heavy atom. The molecule has 0 saturated carbocycles. The fraction of sp³-hybridized carbons (Fsp3) is 0.533. The molecule has 0 aliphatic rings. The summed E-state index contributed by atoms with van der Waals surface area (Å²) in [7, 11) is 0. The highest BCUT2D eigenvalue weighted by atomic mass is 16.2. The maximum atomic E-state index is 12.3. The Balaban J connectivity index is 3.11. The number of ketones is 1. The molecule has 104 valence electrons. The molecular formula is C15H22N2O2. The van der Waals surface area contributed by atoms with Gasteiger partial charge < -0.3 is 5.32 Å². The van der Waals surface area contributed by atoms with Crippen molar-refractivity contribution in [3.05, 3.63) is 23.9 Å². The number of amides is 1. The van der Waals surface area contributed by atoms with Crippen molar-refractivity contribution in [3.63, 3.8) is 0 Å². The first kappa shape index (κ1) is 15.3. The molecule has 1 heterocycles. The van der Waals surface area contributed by atoms with Crippen molar-refractivity contribution in [2.24, 2.45) is 10.8 Å². The Kier molecular flexibility index (Phi) is 4.13. The third kappa shape index (κ3) is 3.88. The van der Waals surface area contributed by atoms with Gasteiger partial charge in [0.05, 0.1) is 5.56 Å². The molecule has 0 aromatic carbocycles. The van der Waals surface area contributed by atoms with Gasteiger partial charge in [-0.1, -0.05) is 41.5 Å². The number of carbonyl (C=O) groups excluding carboxylic acids is 2. The van der Waals surface area contributed by atoms with Gasteiger partial charge in [-0.2, -0.15) is 0 Å². The second-order valence-electron chi connectivity index (χ2n) is 6.68. The quantitative estimate of drug-likeness (QED) is 0.832. The van der Waals surface area contributed by atoms with Crippen molar-refractivity contribution >= 4 is 17.5 Å². The minimum Gasteiger partial charge on any atom is -0.310 e. The van der Waals surface area contributed by atoms with Crippen LogP contribution < -0.4 is 5.32 Å². The van der Waals surface area contributed by atoms with Gasteiger partial charge in [0.1, 0.15) is 5.82 Å². The second kappa shape index (κ2) is 5.11. The largest absolute Gasteiger partial charge is 0.310 e. The highest BCUT2D eigenvalue weighted by Gasteiger charge is 2.28. The Bertz CT molecular complexity index is 494. The molecule has 1 amide bonds. The lowest BCUT2D eigenvalue weighted by molar-refractivity contribution is -0.123. The SMILES string of the molecule is CC(C)(C)C(=O)Nc1ncccc1C(=O)C(C)(C)C. The van der Waals surface area contributed by atoms with E-state index < -0.39 is 10.8 Å². The van der Waals surface area contributed by atoms with Crippen molar-refractivity contribution in [3.8, 4) is 0 Å². The van der Waals surface area contributed by atoms with Crippen LogP contribution in [0.25, 0.3) is 0 Å². The van der Waals surface area contributed by atoms with Crippen LogP contribution >= 0.6 is 0 Å². The summed E-state index contributed by atoms with van der Waals surface area (Å²) in [5.74, 6) is 0.140. The normalized spacial score (nSPS) is 12.1. The molecule has 0 spiro atoms. The molecule has 1 aromatic heterocycles. The van der Waals surface area contributed by atoms with Gasteiger partial charge in [-0.15, -0.1) is 0 Å². The Morgan fingerprint density at radius 2 is 1.63 bits per heavy atom. The summed E-state index contributed by atoms with van der Waals surface area (Å²) in [6.07, 6.45) is 1.57. The summed E-state index contributed by atoms with van der Waals surface area (Å²) in [6.45, 7) is 11.0. The molecule has 0 fully saturated rings. The highest BCUT2D eigenvalue weighted by molar-refractivity contribution is 6.06. The number of Topliss-reactive ketones (excluding diaryl/α,β-unsaturated/α-hetero) is 1. The predicted octanol–water partition coefficient (Wildman–Crippen LogP) is 3.30. The molecule has 0 atom stereocenters. The minimum absolute atomic E-state index is 0.0372. The number of hydrogen-bond donors (Lipinski definition) is 1. The third-order valence-corrected chi connectivity index (χ3v) is 2.65. The van der Waals surface area contributed by atoms with Crippen LogP contribution in [0.5, 0.6) is 0 Å². The lowest BCUT2D eigenvalue weighted by Gasteiger charge is -2.21. The van der Waals surface area contributed by atoms with Crippen molar-refractivity contribution in [2.75, 3.05) is 5.32 Å². The molecule has 0 aliphatic heterocycles. The monoisotopic (exact) mass is 262 g/mol. The maximum Gasteiger partial charge on any atom is 0.230 e. The average Bonchev–Trinajstić information content (AvgIpc) is 2.26. The summed E-state index contributed by atoms with van der Waals surface area (Å²) in [5.41, 5.74) is -0.586. The van der Waals surface area contributed by atoms with E-state index in [1.54, 1.807) is 18.3 Å². The van der Waals surface area contributed by atoms with Crippen LogP contribution in [0.2, 0.25) is 0 Å². The van der Waals surface area contributed by atoms with Gasteiger partial charge in [0.25, 0.3) is 0 Å². The Hall–Kier alpha value is -1.71. The van der Waals surface area contributed by atoms with Gasteiger partial charge in [-0.3, -0.25) is 9.59 Å². The van der Waals surface area contributed by atoms with Crippen molar-refractivity contribution < 1.29 is 9.59 Å². The molecule has 4 heteroatoms. The molecule has 0 bridgehead atoms. The van der Waals surface area contributed by atoms with Crippen LogP contribution in [0.3, 0.4) is 0 Å². The van der Waals surface area contributed by atoms with Crippen molar-refractivity contribution in [2.45, 2.75) is 41.5 Å². The summed E-state index contributed by atoms with van der Waals surface area (Å²) in [6, 6.07) is 3.39. The van der Waals surface area contributed by atoms with E-state index in [2.05, 4.69) is 10.3 Å². The lowest BCUT2D eigenvalue weighted by Crippen LogP contribution is -2.30. The topological polar surface area (TPSA) is 59.1 Å².